The average Bonchev–Trinajstić information content (AvgIpc) is 2.82. The lowest BCUT2D eigenvalue weighted by Gasteiger charge is -2.18. The maximum Gasteiger partial charge on any atom is 0.126 e. The molecule has 1 unspecified atom stereocenters. The number of hydrogen-bond donors (Lipinski definition) is 1. The first-order valence-electron chi connectivity index (χ1n) is 7.62. The third kappa shape index (κ3) is 4.14. The molecule has 1 aromatic heterocycles. The van der Waals surface area contributed by atoms with Gasteiger partial charge in [0.2, 0.25) is 0 Å². The summed E-state index contributed by atoms with van der Waals surface area (Å²) in [5, 5.41) is 7.94. The molecule has 1 heterocycles. The predicted octanol–water partition coefficient (Wildman–Crippen LogP) is 2.88. The van der Waals surface area contributed by atoms with Crippen LogP contribution in [-0.4, -0.2) is 22.4 Å². The standard InChI is InChI=1S/C17H24FN3/c1-4-14-11-16(21(3)20-14)12-15(19-5-2)10-13-8-6-7-9-17(13)18/h6-9,11,15,19H,4-5,10,12H2,1-3H3. The predicted molar refractivity (Wildman–Crippen MR) is 83.9 cm³/mol. The second-order valence-corrected chi connectivity index (χ2v) is 5.36. The Hall–Kier alpha value is -1.68. The van der Waals surface area contributed by atoms with Crippen molar-refractivity contribution in [1.82, 2.24) is 15.1 Å². The normalized spacial score (nSPS) is 12.6. The van der Waals surface area contributed by atoms with Gasteiger partial charge in [0.1, 0.15) is 5.82 Å². The molecule has 2 aromatic rings. The smallest absolute Gasteiger partial charge is 0.126 e. The van der Waals surface area contributed by atoms with Gasteiger partial charge in [-0.25, -0.2) is 4.39 Å². The van der Waals surface area contributed by atoms with E-state index in [1.165, 1.54) is 11.8 Å². The van der Waals surface area contributed by atoms with Crippen molar-refractivity contribution in [2.45, 2.75) is 39.2 Å². The van der Waals surface area contributed by atoms with E-state index in [2.05, 4.69) is 30.3 Å². The number of hydrogen-bond acceptors (Lipinski definition) is 2. The van der Waals surface area contributed by atoms with E-state index in [0.29, 0.717) is 6.42 Å². The zero-order chi connectivity index (χ0) is 15.2. The second kappa shape index (κ2) is 7.36. The van der Waals surface area contributed by atoms with Gasteiger partial charge in [-0.15, -0.1) is 0 Å². The molecule has 1 N–H and O–H groups in total. The van der Waals surface area contributed by atoms with Gasteiger partial charge < -0.3 is 5.32 Å². The third-order valence-corrected chi connectivity index (χ3v) is 3.76. The minimum Gasteiger partial charge on any atom is -0.314 e. The number of likely N-dealkylation sites (N-methyl/N-ethyl adjacent to an activating group) is 1. The number of rotatable bonds is 7. The fourth-order valence-electron chi connectivity index (χ4n) is 2.62. The Labute approximate surface area is 126 Å². The fraction of sp³-hybridized carbons (Fsp3) is 0.471. The number of halogens is 1. The monoisotopic (exact) mass is 289 g/mol. The highest BCUT2D eigenvalue weighted by atomic mass is 19.1. The average molecular weight is 289 g/mol. The molecule has 0 aliphatic carbocycles. The lowest BCUT2D eigenvalue weighted by molar-refractivity contribution is 0.492. The molecular weight excluding hydrogens is 265 g/mol. The first kappa shape index (κ1) is 15.7. The Kier molecular flexibility index (Phi) is 5.51. The summed E-state index contributed by atoms with van der Waals surface area (Å²) in [4.78, 5) is 0. The Balaban J connectivity index is 2.11. The molecule has 21 heavy (non-hydrogen) atoms. The number of benzene rings is 1. The summed E-state index contributed by atoms with van der Waals surface area (Å²) in [6.07, 6.45) is 2.48. The number of aromatic nitrogens is 2. The molecule has 0 radical (unpaired) electrons. The molecule has 4 heteroatoms. The zero-order valence-corrected chi connectivity index (χ0v) is 13.1. The van der Waals surface area contributed by atoms with Crippen molar-refractivity contribution < 1.29 is 4.39 Å². The van der Waals surface area contributed by atoms with E-state index in [1.807, 2.05) is 23.9 Å². The van der Waals surface area contributed by atoms with Crippen molar-refractivity contribution in [3.8, 4) is 0 Å². The summed E-state index contributed by atoms with van der Waals surface area (Å²) < 4.78 is 15.8. The van der Waals surface area contributed by atoms with Gasteiger partial charge in [0.25, 0.3) is 0 Å². The van der Waals surface area contributed by atoms with Gasteiger partial charge in [0, 0.05) is 25.2 Å². The van der Waals surface area contributed by atoms with Crippen LogP contribution in [0.3, 0.4) is 0 Å². The summed E-state index contributed by atoms with van der Waals surface area (Å²) in [5.74, 6) is -0.125. The van der Waals surface area contributed by atoms with Crippen molar-refractivity contribution in [1.29, 1.82) is 0 Å². The largest absolute Gasteiger partial charge is 0.314 e. The summed E-state index contributed by atoms with van der Waals surface area (Å²) in [6, 6.07) is 9.37. The SMILES string of the molecule is CCNC(Cc1ccccc1F)Cc1cc(CC)nn1C. The molecule has 0 bridgehead atoms. The second-order valence-electron chi connectivity index (χ2n) is 5.36. The molecule has 2 rings (SSSR count). The van der Waals surface area contributed by atoms with Crippen molar-refractivity contribution >= 4 is 0 Å². The van der Waals surface area contributed by atoms with Crippen LogP contribution in [0, 0.1) is 5.82 Å². The van der Waals surface area contributed by atoms with Crippen molar-refractivity contribution in [3.05, 3.63) is 53.1 Å². The van der Waals surface area contributed by atoms with E-state index in [4.69, 9.17) is 0 Å². The molecule has 0 aliphatic rings. The molecule has 0 aliphatic heterocycles. The van der Waals surface area contributed by atoms with Crippen LogP contribution in [-0.2, 0) is 26.3 Å². The van der Waals surface area contributed by atoms with Crippen LogP contribution in [0.4, 0.5) is 4.39 Å². The van der Waals surface area contributed by atoms with Crippen LogP contribution < -0.4 is 5.32 Å². The van der Waals surface area contributed by atoms with Crippen molar-refractivity contribution in [3.63, 3.8) is 0 Å². The van der Waals surface area contributed by atoms with Gasteiger partial charge in [-0.2, -0.15) is 5.10 Å². The van der Waals surface area contributed by atoms with Crippen LogP contribution in [0.25, 0.3) is 0 Å². The lowest BCUT2D eigenvalue weighted by Crippen LogP contribution is -2.34. The van der Waals surface area contributed by atoms with Gasteiger partial charge >= 0.3 is 0 Å². The van der Waals surface area contributed by atoms with Crippen molar-refractivity contribution in [2.24, 2.45) is 7.05 Å². The van der Waals surface area contributed by atoms with Crippen LogP contribution in [0.15, 0.2) is 30.3 Å². The quantitative estimate of drug-likeness (QED) is 0.849. The zero-order valence-electron chi connectivity index (χ0n) is 13.1. The van der Waals surface area contributed by atoms with Gasteiger partial charge in [-0.05, 0) is 37.1 Å². The molecule has 0 amide bonds. The molecule has 0 spiro atoms. The van der Waals surface area contributed by atoms with E-state index < -0.39 is 0 Å². The highest BCUT2D eigenvalue weighted by Gasteiger charge is 2.14. The van der Waals surface area contributed by atoms with E-state index in [9.17, 15) is 4.39 Å². The minimum atomic E-state index is -0.125. The Bertz CT molecular complexity index is 577. The van der Waals surface area contributed by atoms with Gasteiger partial charge in [-0.1, -0.05) is 32.0 Å². The summed E-state index contributed by atoms with van der Waals surface area (Å²) in [6.45, 7) is 5.06. The Morgan fingerprint density at radius 1 is 1.24 bits per heavy atom. The van der Waals surface area contributed by atoms with Crippen LogP contribution >= 0.6 is 0 Å². The van der Waals surface area contributed by atoms with E-state index >= 15 is 0 Å². The molecule has 114 valence electrons. The molecule has 1 atom stereocenters. The molecule has 1 aromatic carbocycles. The van der Waals surface area contributed by atoms with E-state index in [1.54, 1.807) is 6.07 Å². The Morgan fingerprint density at radius 2 is 2.00 bits per heavy atom. The highest BCUT2D eigenvalue weighted by Crippen LogP contribution is 2.13. The maximum absolute atomic E-state index is 13.8. The topological polar surface area (TPSA) is 29.9 Å². The van der Waals surface area contributed by atoms with E-state index in [0.717, 1.165) is 30.6 Å². The molecule has 0 fully saturated rings. The van der Waals surface area contributed by atoms with E-state index in [-0.39, 0.29) is 11.9 Å². The van der Waals surface area contributed by atoms with Crippen molar-refractivity contribution in [2.75, 3.05) is 6.54 Å². The molecular formula is C17H24FN3. The fourth-order valence-corrected chi connectivity index (χ4v) is 2.62. The summed E-state index contributed by atoms with van der Waals surface area (Å²) in [7, 11) is 1.97. The molecule has 0 saturated heterocycles. The number of nitrogens with zero attached hydrogens (tertiary/aromatic N) is 2. The minimum absolute atomic E-state index is 0.125. The first-order valence-corrected chi connectivity index (χ1v) is 7.62. The maximum atomic E-state index is 13.8. The summed E-state index contributed by atoms with van der Waals surface area (Å²) >= 11 is 0. The Morgan fingerprint density at radius 3 is 2.62 bits per heavy atom. The number of nitrogens with one attached hydrogen (secondary N) is 1. The van der Waals surface area contributed by atoms with Crippen LogP contribution in [0.5, 0.6) is 0 Å². The highest BCUT2D eigenvalue weighted by molar-refractivity contribution is 5.19. The van der Waals surface area contributed by atoms with Gasteiger partial charge in [0.15, 0.2) is 0 Å². The van der Waals surface area contributed by atoms with Gasteiger partial charge in [0.05, 0.1) is 5.69 Å². The first-order chi connectivity index (χ1) is 10.1. The van der Waals surface area contributed by atoms with Gasteiger partial charge in [-0.3, -0.25) is 4.68 Å². The molecule has 3 nitrogen and oxygen atoms in total. The molecule has 0 saturated carbocycles. The third-order valence-electron chi connectivity index (χ3n) is 3.76. The summed E-state index contributed by atoms with van der Waals surface area (Å²) in [5.41, 5.74) is 3.06. The van der Waals surface area contributed by atoms with Crippen LogP contribution in [0.1, 0.15) is 30.8 Å². The number of aryl methyl sites for hydroxylation is 2. The lowest BCUT2D eigenvalue weighted by atomic mass is 10.0. The van der Waals surface area contributed by atoms with Crippen LogP contribution in [0.2, 0.25) is 0 Å².